The molecule has 0 aliphatic heterocycles. The number of hydrogen-bond acceptors (Lipinski definition) is 2. The first-order chi connectivity index (χ1) is 10.2. The monoisotopic (exact) mass is 288 g/mol. The van der Waals surface area contributed by atoms with E-state index in [0.29, 0.717) is 6.04 Å². The van der Waals surface area contributed by atoms with Gasteiger partial charge in [-0.2, -0.15) is 0 Å². The third kappa shape index (κ3) is 5.44. The Balaban J connectivity index is 1.73. The lowest BCUT2D eigenvalue weighted by molar-refractivity contribution is 0.265. The van der Waals surface area contributed by atoms with E-state index >= 15 is 0 Å². The molecule has 2 nitrogen and oxygen atoms in total. The number of hydrogen-bond donors (Lipinski definition) is 1. The number of nitrogens with one attached hydrogen (secondary N) is 1. The number of nitrogens with zero attached hydrogens (tertiary/aromatic N) is 1. The van der Waals surface area contributed by atoms with Gasteiger partial charge in [-0.05, 0) is 43.5 Å². The van der Waals surface area contributed by atoms with E-state index in [-0.39, 0.29) is 0 Å². The Morgan fingerprint density at radius 2 is 1.71 bits per heavy atom. The highest BCUT2D eigenvalue weighted by Crippen LogP contribution is 2.30. The summed E-state index contributed by atoms with van der Waals surface area (Å²) in [6.07, 6.45) is 5.70. The first-order valence-corrected chi connectivity index (χ1v) is 8.74. The van der Waals surface area contributed by atoms with Gasteiger partial charge in [0.15, 0.2) is 0 Å². The van der Waals surface area contributed by atoms with E-state index in [1.165, 1.54) is 36.8 Å². The van der Waals surface area contributed by atoms with Gasteiger partial charge in [0.25, 0.3) is 0 Å². The minimum absolute atomic E-state index is 0.644. The Labute approximate surface area is 130 Å². The molecule has 0 radical (unpaired) electrons. The zero-order valence-corrected chi connectivity index (χ0v) is 14.1. The largest absolute Gasteiger partial charge is 0.310 e. The van der Waals surface area contributed by atoms with Crippen molar-refractivity contribution in [2.24, 2.45) is 5.92 Å². The van der Waals surface area contributed by atoms with Crippen LogP contribution in [0.3, 0.4) is 0 Å². The van der Waals surface area contributed by atoms with E-state index in [1.54, 1.807) is 0 Å². The highest BCUT2D eigenvalue weighted by Gasteiger charge is 2.19. The Bertz CT molecular complexity index is 391. The van der Waals surface area contributed by atoms with E-state index in [2.05, 4.69) is 55.3 Å². The molecular weight excluding hydrogens is 256 g/mol. The summed E-state index contributed by atoms with van der Waals surface area (Å²) in [4.78, 5) is 2.45. The van der Waals surface area contributed by atoms with Crippen molar-refractivity contribution in [2.45, 2.75) is 65.6 Å². The maximum absolute atomic E-state index is 3.67. The summed E-state index contributed by atoms with van der Waals surface area (Å²) < 4.78 is 0. The molecular formula is C19H32N2. The maximum Gasteiger partial charge on any atom is 0.0233 e. The Hall–Kier alpha value is -0.860. The Morgan fingerprint density at radius 3 is 2.24 bits per heavy atom. The predicted octanol–water partition coefficient (Wildman–Crippen LogP) is 4.20. The van der Waals surface area contributed by atoms with Gasteiger partial charge in [0.05, 0.1) is 0 Å². The SMILES string of the molecule is CCN(CC)Cc1ccc(CNC(C)CC2CCC2)cc1. The average molecular weight is 288 g/mol. The van der Waals surface area contributed by atoms with E-state index in [1.807, 2.05) is 0 Å². The van der Waals surface area contributed by atoms with E-state index in [4.69, 9.17) is 0 Å². The Morgan fingerprint density at radius 1 is 1.10 bits per heavy atom. The van der Waals surface area contributed by atoms with Crippen molar-refractivity contribution in [2.75, 3.05) is 13.1 Å². The quantitative estimate of drug-likeness (QED) is 0.732. The lowest BCUT2D eigenvalue weighted by Crippen LogP contribution is -2.29. The Kier molecular flexibility index (Phi) is 6.72. The van der Waals surface area contributed by atoms with Crippen LogP contribution in [-0.2, 0) is 13.1 Å². The maximum atomic E-state index is 3.67. The van der Waals surface area contributed by atoms with Gasteiger partial charge in [0.1, 0.15) is 0 Å². The van der Waals surface area contributed by atoms with Crippen LogP contribution in [0, 0.1) is 5.92 Å². The van der Waals surface area contributed by atoms with Gasteiger partial charge in [0.2, 0.25) is 0 Å². The molecule has 1 aliphatic rings. The predicted molar refractivity (Wildman–Crippen MR) is 91.3 cm³/mol. The van der Waals surface area contributed by atoms with Crippen LogP contribution in [0.1, 0.15) is 57.6 Å². The van der Waals surface area contributed by atoms with Gasteiger partial charge in [-0.3, -0.25) is 4.90 Å². The highest BCUT2D eigenvalue weighted by atomic mass is 15.1. The highest BCUT2D eigenvalue weighted by molar-refractivity contribution is 5.22. The molecule has 0 saturated heterocycles. The number of benzene rings is 1. The minimum atomic E-state index is 0.644. The van der Waals surface area contributed by atoms with Crippen LogP contribution in [0.15, 0.2) is 24.3 Å². The summed E-state index contributed by atoms with van der Waals surface area (Å²) in [5.74, 6) is 0.990. The minimum Gasteiger partial charge on any atom is -0.310 e. The molecule has 1 saturated carbocycles. The molecule has 1 aromatic rings. The van der Waals surface area contributed by atoms with Crippen molar-refractivity contribution in [3.63, 3.8) is 0 Å². The molecule has 1 aromatic carbocycles. The second-order valence-corrected chi connectivity index (χ2v) is 6.59. The molecule has 1 aliphatic carbocycles. The summed E-state index contributed by atoms with van der Waals surface area (Å²) in [7, 11) is 0. The molecule has 0 spiro atoms. The third-order valence-corrected chi connectivity index (χ3v) is 4.89. The summed E-state index contributed by atoms with van der Waals surface area (Å²) in [6, 6.07) is 9.77. The lowest BCUT2D eigenvalue weighted by Gasteiger charge is -2.28. The van der Waals surface area contributed by atoms with Gasteiger partial charge in [-0.25, -0.2) is 0 Å². The van der Waals surface area contributed by atoms with Crippen molar-refractivity contribution in [1.29, 1.82) is 0 Å². The fourth-order valence-electron chi connectivity index (χ4n) is 3.07. The van der Waals surface area contributed by atoms with Crippen molar-refractivity contribution in [3.05, 3.63) is 35.4 Å². The van der Waals surface area contributed by atoms with Crippen LogP contribution >= 0.6 is 0 Å². The molecule has 0 heterocycles. The molecule has 2 rings (SSSR count). The van der Waals surface area contributed by atoms with Crippen molar-refractivity contribution >= 4 is 0 Å². The fourth-order valence-corrected chi connectivity index (χ4v) is 3.07. The molecule has 1 atom stereocenters. The van der Waals surface area contributed by atoms with Crippen LogP contribution < -0.4 is 5.32 Å². The standard InChI is InChI=1S/C19H32N2/c1-4-21(5-2)15-19-11-9-18(10-12-19)14-20-16(3)13-17-7-6-8-17/h9-12,16-17,20H,4-8,13-15H2,1-3H3. The first-order valence-electron chi connectivity index (χ1n) is 8.74. The van der Waals surface area contributed by atoms with Gasteiger partial charge in [-0.1, -0.05) is 57.4 Å². The average Bonchev–Trinajstić information content (AvgIpc) is 2.47. The van der Waals surface area contributed by atoms with Crippen molar-refractivity contribution < 1.29 is 0 Å². The topological polar surface area (TPSA) is 15.3 Å². The summed E-state index contributed by atoms with van der Waals surface area (Å²) in [6.45, 7) is 11.1. The fraction of sp³-hybridized carbons (Fsp3) is 0.684. The van der Waals surface area contributed by atoms with Gasteiger partial charge in [-0.15, -0.1) is 0 Å². The second-order valence-electron chi connectivity index (χ2n) is 6.59. The zero-order chi connectivity index (χ0) is 15.1. The second kappa shape index (κ2) is 8.55. The molecule has 0 aromatic heterocycles. The molecule has 1 fully saturated rings. The molecule has 118 valence electrons. The zero-order valence-electron chi connectivity index (χ0n) is 14.1. The van der Waals surface area contributed by atoms with Gasteiger partial charge >= 0.3 is 0 Å². The normalized spacial score (nSPS) is 17.0. The molecule has 21 heavy (non-hydrogen) atoms. The summed E-state index contributed by atoms with van der Waals surface area (Å²) in [5.41, 5.74) is 2.82. The summed E-state index contributed by atoms with van der Waals surface area (Å²) in [5, 5.41) is 3.67. The van der Waals surface area contributed by atoms with Crippen LogP contribution in [-0.4, -0.2) is 24.0 Å². The van der Waals surface area contributed by atoms with Crippen LogP contribution in [0.25, 0.3) is 0 Å². The van der Waals surface area contributed by atoms with Crippen LogP contribution in [0.2, 0.25) is 0 Å². The smallest absolute Gasteiger partial charge is 0.0233 e. The van der Waals surface area contributed by atoms with Crippen LogP contribution in [0.4, 0.5) is 0 Å². The first kappa shape index (κ1) is 16.5. The molecule has 1 N–H and O–H groups in total. The van der Waals surface area contributed by atoms with Gasteiger partial charge < -0.3 is 5.32 Å². The van der Waals surface area contributed by atoms with E-state index in [0.717, 1.165) is 32.1 Å². The number of rotatable bonds is 9. The van der Waals surface area contributed by atoms with Crippen molar-refractivity contribution in [1.82, 2.24) is 10.2 Å². The van der Waals surface area contributed by atoms with Crippen molar-refractivity contribution in [3.8, 4) is 0 Å². The molecule has 1 unspecified atom stereocenters. The van der Waals surface area contributed by atoms with E-state index in [9.17, 15) is 0 Å². The lowest BCUT2D eigenvalue weighted by atomic mass is 9.81. The third-order valence-electron chi connectivity index (χ3n) is 4.89. The molecule has 0 bridgehead atoms. The van der Waals surface area contributed by atoms with Crippen LogP contribution in [0.5, 0.6) is 0 Å². The molecule has 2 heteroatoms. The van der Waals surface area contributed by atoms with Gasteiger partial charge in [0, 0.05) is 19.1 Å². The van der Waals surface area contributed by atoms with E-state index < -0.39 is 0 Å². The molecule has 0 amide bonds. The summed E-state index contributed by atoms with van der Waals surface area (Å²) >= 11 is 0.